The lowest BCUT2D eigenvalue weighted by Crippen LogP contribution is -2.50. The summed E-state index contributed by atoms with van der Waals surface area (Å²) in [5.41, 5.74) is 3.84. The van der Waals surface area contributed by atoms with E-state index < -0.39 is 0 Å². The average molecular weight is 492 g/mol. The summed E-state index contributed by atoms with van der Waals surface area (Å²) in [4.78, 5) is 15.7. The molecule has 6 nitrogen and oxygen atoms in total. The summed E-state index contributed by atoms with van der Waals surface area (Å²) in [5, 5.41) is 9.95. The molecule has 0 radical (unpaired) electrons. The Labute approximate surface area is 211 Å². The van der Waals surface area contributed by atoms with Crippen molar-refractivity contribution >= 4 is 17.2 Å². The first-order valence-electron chi connectivity index (χ1n) is 12.3. The van der Waals surface area contributed by atoms with Gasteiger partial charge in [0.1, 0.15) is 11.9 Å². The van der Waals surface area contributed by atoms with Crippen LogP contribution in [0.4, 0.5) is 0 Å². The number of thiophene rings is 1. The lowest BCUT2D eigenvalue weighted by atomic mass is 10.0. The summed E-state index contributed by atoms with van der Waals surface area (Å²) in [6.07, 6.45) is 1.26. The van der Waals surface area contributed by atoms with Crippen LogP contribution in [0.15, 0.2) is 54.6 Å². The van der Waals surface area contributed by atoms with Crippen molar-refractivity contribution in [2.45, 2.75) is 45.0 Å². The Kier molecular flexibility index (Phi) is 7.48. The van der Waals surface area contributed by atoms with E-state index in [1.54, 1.807) is 11.3 Å². The standard InChI is InChI=1S/C28H33N3O3S/c1-18-6-7-23(34-24-14-29-15-24)13-26(18)28(32)31-19(2)20-4-3-5-21(12-20)27-9-8-25(35-27)16-30-22-10-11-33-17-22/h3-9,12-13,19,22,24,29-30H,10-11,14-17H2,1-2H3,(H,31,32)/t19-,22-/m1/s1. The number of carbonyl (C=O) groups excluding carboxylic acids is 1. The molecule has 2 saturated heterocycles. The first kappa shape index (κ1) is 24.0. The van der Waals surface area contributed by atoms with Crippen LogP contribution >= 0.6 is 11.3 Å². The Bertz CT molecular complexity index is 1170. The lowest BCUT2D eigenvalue weighted by molar-refractivity contribution is 0.0937. The fourth-order valence-electron chi connectivity index (χ4n) is 4.34. The van der Waals surface area contributed by atoms with Crippen LogP contribution in [0, 0.1) is 6.92 Å². The molecule has 2 aliphatic heterocycles. The number of amides is 1. The molecule has 0 bridgehead atoms. The second kappa shape index (κ2) is 10.9. The van der Waals surface area contributed by atoms with E-state index >= 15 is 0 Å². The molecule has 0 spiro atoms. The molecule has 0 aliphatic carbocycles. The molecule has 5 rings (SSSR count). The van der Waals surface area contributed by atoms with Crippen molar-refractivity contribution in [3.05, 3.63) is 76.2 Å². The first-order valence-corrected chi connectivity index (χ1v) is 13.2. The number of rotatable bonds is 9. The number of aryl methyl sites for hydroxylation is 1. The largest absolute Gasteiger partial charge is 0.488 e. The molecule has 0 unspecified atom stereocenters. The Morgan fingerprint density at radius 3 is 2.86 bits per heavy atom. The van der Waals surface area contributed by atoms with Crippen LogP contribution in [0.1, 0.15) is 45.7 Å². The third-order valence-electron chi connectivity index (χ3n) is 6.68. The molecule has 7 heteroatoms. The number of hydrogen-bond donors (Lipinski definition) is 3. The molecule has 35 heavy (non-hydrogen) atoms. The van der Waals surface area contributed by atoms with Gasteiger partial charge in [-0.15, -0.1) is 11.3 Å². The van der Waals surface area contributed by atoms with E-state index in [1.807, 2.05) is 32.0 Å². The van der Waals surface area contributed by atoms with Gasteiger partial charge in [-0.2, -0.15) is 0 Å². The average Bonchev–Trinajstić information content (AvgIpc) is 3.53. The van der Waals surface area contributed by atoms with E-state index in [2.05, 4.69) is 52.3 Å². The van der Waals surface area contributed by atoms with Crippen molar-refractivity contribution in [3.8, 4) is 16.2 Å². The highest BCUT2D eigenvalue weighted by molar-refractivity contribution is 7.15. The van der Waals surface area contributed by atoms with Crippen LogP contribution in [-0.2, 0) is 11.3 Å². The molecular formula is C28H33N3O3S. The summed E-state index contributed by atoms with van der Waals surface area (Å²) in [6.45, 7) is 8.20. The zero-order valence-corrected chi connectivity index (χ0v) is 21.1. The monoisotopic (exact) mass is 491 g/mol. The number of ether oxygens (including phenoxy) is 2. The minimum absolute atomic E-state index is 0.0852. The van der Waals surface area contributed by atoms with E-state index in [1.165, 1.54) is 15.3 Å². The predicted molar refractivity (Wildman–Crippen MR) is 140 cm³/mol. The van der Waals surface area contributed by atoms with Gasteiger partial charge < -0.3 is 25.4 Å². The SMILES string of the molecule is Cc1ccc(OC2CNC2)cc1C(=O)N[C@H](C)c1cccc(-c2ccc(CN[C@@H]3CCOC3)s2)c1. The maximum absolute atomic E-state index is 13.1. The van der Waals surface area contributed by atoms with E-state index in [9.17, 15) is 4.79 Å². The minimum Gasteiger partial charge on any atom is -0.488 e. The van der Waals surface area contributed by atoms with Crippen molar-refractivity contribution in [3.63, 3.8) is 0 Å². The van der Waals surface area contributed by atoms with Gasteiger partial charge in [-0.05, 0) is 67.3 Å². The van der Waals surface area contributed by atoms with Crippen molar-refractivity contribution < 1.29 is 14.3 Å². The third-order valence-corrected chi connectivity index (χ3v) is 7.81. The van der Waals surface area contributed by atoms with E-state index in [4.69, 9.17) is 9.47 Å². The summed E-state index contributed by atoms with van der Waals surface area (Å²) < 4.78 is 11.4. The van der Waals surface area contributed by atoms with E-state index in [0.29, 0.717) is 11.6 Å². The van der Waals surface area contributed by atoms with Crippen LogP contribution in [-0.4, -0.2) is 44.4 Å². The molecule has 2 aliphatic rings. The molecule has 1 aromatic heterocycles. The van der Waals surface area contributed by atoms with Gasteiger partial charge in [0.2, 0.25) is 0 Å². The molecular weight excluding hydrogens is 458 g/mol. The van der Waals surface area contributed by atoms with Gasteiger partial charge in [-0.1, -0.05) is 24.3 Å². The molecule has 2 aromatic carbocycles. The van der Waals surface area contributed by atoms with Gasteiger partial charge in [0, 0.05) is 47.6 Å². The fraction of sp³-hybridized carbons (Fsp3) is 0.393. The molecule has 0 saturated carbocycles. The van der Waals surface area contributed by atoms with Crippen LogP contribution in [0.2, 0.25) is 0 Å². The van der Waals surface area contributed by atoms with Crippen molar-refractivity contribution in [1.29, 1.82) is 0 Å². The van der Waals surface area contributed by atoms with Crippen LogP contribution < -0.4 is 20.7 Å². The maximum atomic E-state index is 13.1. The molecule has 1 amide bonds. The molecule has 3 N–H and O–H groups in total. The topological polar surface area (TPSA) is 71.6 Å². The summed E-state index contributed by atoms with van der Waals surface area (Å²) in [6, 6.07) is 18.9. The highest BCUT2D eigenvalue weighted by Crippen LogP contribution is 2.30. The molecule has 2 atom stereocenters. The first-order chi connectivity index (χ1) is 17.0. The number of carbonyl (C=O) groups is 1. The second-order valence-corrected chi connectivity index (χ2v) is 10.6. The Morgan fingerprint density at radius 1 is 1.20 bits per heavy atom. The molecule has 3 aromatic rings. The van der Waals surface area contributed by atoms with Crippen molar-refractivity contribution in [2.24, 2.45) is 0 Å². The zero-order valence-electron chi connectivity index (χ0n) is 20.3. The number of hydrogen-bond acceptors (Lipinski definition) is 6. The smallest absolute Gasteiger partial charge is 0.252 e. The lowest BCUT2D eigenvalue weighted by Gasteiger charge is -2.28. The fourth-order valence-corrected chi connectivity index (χ4v) is 5.30. The van der Waals surface area contributed by atoms with Gasteiger partial charge in [-0.25, -0.2) is 0 Å². The highest BCUT2D eigenvalue weighted by Gasteiger charge is 2.20. The Hall–Kier alpha value is -2.71. The van der Waals surface area contributed by atoms with Crippen LogP contribution in [0.5, 0.6) is 5.75 Å². The van der Waals surface area contributed by atoms with Gasteiger partial charge in [0.05, 0.1) is 12.6 Å². The Morgan fingerprint density at radius 2 is 2.09 bits per heavy atom. The number of nitrogens with one attached hydrogen (secondary N) is 3. The van der Waals surface area contributed by atoms with Gasteiger partial charge in [0.15, 0.2) is 0 Å². The van der Waals surface area contributed by atoms with Crippen LogP contribution in [0.3, 0.4) is 0 Å². The minimum atomic E-state index is -0.120. The zero-order chi connectivity index (χ0) is 24.2. The van der Waals surface area contributed by atoms with Gasteiger partial charge in [0.25, 0.3) is 5.91 Å². The van der Waals surface area contributed by atoms with E-state index in [0.717, 1.165) is 56.1 Å². The normalized spacial score (nSPS) is 18.7. The highest BCUT2D eigenvalue weighted by atomic mass is 32.1. The summed E-state index contributed by atoms with van der Waals surface area (Å²) in [5.74, 6) is 0.656. The molecule has 184 valence electrons. The van der Waals surface area contributed by atoms with Crippen LogP contribution in [0.25, 0.3) is 10.4 Å². The van der Waals surface area contributed by atoms with E-state index in [-0.39, 0.29) is 18.1 Å². The van der Waals surface area contributed by atoms with Crippen molar-refractivity contribution in [2.75, 3.05) is 26.3 Å². The maximum Gasteiger partial charge on any atom is 0.252 e. The Balaban J connectivity index is 1.23. The van der Waals surface area contributed by atoms with Gasteiger partial charge in [-0.3, -0.25) is 4.79 Å². The molecule has 3 heterocycles. The summed E-state index contributed by atoms with van der Waals surface area (Å²) >= 11 is 1.81. The second-order valence-electron chi connectivity index (χ2n) is 9.40. The van der Waals surface area contributed by atoms with Gasteiger partial charge >= 0.3 is 0 Å². The summed E-state index contributed by atoms with van der Waals surface area (Å²) in [7, 11) is 0. The number of benzene rings is 2. The van der Waals surface area contributed by atoms with Crippen molar-refractivity contribution in [1.82, 2.24) is 16.0 Å². The third kappa shape index (κ3) is 5.93. The quantitative estimate of drug-likeness (QED) is 0.413. The predicted octanol–water partition coefficient (Wildman–Crippen LogP) is 4.44. The molecule has 2 fully saturated rings.